The van der Waals surface area contributed by atoms with E-state index < -0.39 is 0 Å². The van der Waals surface area contributed by atoms with Gasteiger partial charge in [0.2, 0.25) is 0 Å². The van der Waals surface area contributed by atoms with E-state index in [0.29, 0.717) is 5.54 Å². The highest BCUT2D eigenvalue weighted by Crippen LogP contribution is 2.46. The summed E-state index contributed by atoms with van der Waals surface area (Å²) < 4.78 is 0. The van der Waals surface area contributed by atoms with Gasteiger partial charge in [0.25, 0.3) is 0 Å². The van der Waals surface area contributed by atoms with Crippen LogP contribution in [0.4, 0.5) is 0 Å². The molecule has 0 atom stereocenters. The Bertz CT molecular complexity index is 489. The predicted molar refractivity (Wildman–Crippen MR) is 92.6 cm³/mol. The van der Waals surface area contributed by atoms with Crippen LogP contribution in [0.15, 0.2) is 60.7 Å². The van der Waals surface area contributed by atoms with Gasteiger partial charge in [0, 0.05) is 10.2 Å². The molecule has 106 valence electrons. The second-order valence-corrected chi connectivity index (χ2v) is 8.05. The summed E-state index contributed by atoms with van der Waals surface area (Å²) in [7, 11) is 1.18. The van der Waals surface area contributed by atoms with Crippen LogP contribution >= 0.6 is 0 Å². The lowest BCUT2D eigenvalue weighted by molar-refractivity contribution is 0.350. The minimum atomic E-state index is 0.201. The largest absolute Gasteiger partial charge is 0.0622 e. The van der Waals surface area contributed by atoms with E-state index >= 15 is 0 Å². The van der Waals surface area contributed by atoms with E-state index in [0.717, 1.165) is 0 Å². The van der Waals surface area contributed by atoms with Crippen molar-refractivity contribution in [3.63, 3.8) is 0 Å². The quantitative estimate of drug-likeness (QED) is 0.741. The SMILES string of the molecule is CC(C)(c1ccccc1)C([SiH3])C(C)(C)c1ccccc1. The zero-order valence-corrected chi connectivity index (χ0v) is 15.4. The zero-order chi connectivity index (χ0) is 14.8. The summed E-state index contributed by atoms with van der Waals surface area (Å²) in [5.74, 6) is 0. The van der Waals surface area contributed by atoms with Gasteiger partial charge in [0.05, 0.1) is 0 Å². The molecule has 0 aliphatic rings. The highest BCUT2D eigenvalue weighted by atomic mass is 28.1. The number of hydrogen-bond donors (Lipinski definition) is 0. The van der Waals surface area contributed by atoms with Crippen molar-refractivity contribution in [1.82, 2.24) is 0 Å². The van der Waals surface area contributed by atoms with E-state index in [4.69, 9.17) is 0 Å². The molecule has 0 fully saturated rings. The fourth-order valence-electron chi connectivity index (χ4n) is 3.14. The van der Waals surface area contributed by atoms with Crippen molar-refractivity contribution >= 4 is 10.2 Å². The predicted octanol–water partition coefficient (Wildman–Crippen LogP) is 4.10. The molecule has 0 aromatic heterocycles. The van der Waals surface area contributed by atoms with Crippen LogP contribution in [-0.4, -0.2) is 10.2 Å². The Morgan fingerprint density at radius 3 is 1.25 bits per heavy atom. The molecule has 0 spiro atoms. The lowest BCUT2D eigenvalue weighted by atomic mass is 9.68. The van der Waals surface area contributed by atoms with Gasteiger partial charge in [-0.2, -0.15) is 0 Å². The molecule has 0 aliphatic carbocycles. The molecular weight excluding hydrogens is 256 g/mol. The normalized spacial score (nSPS) is 12.8. The molecule has 0 radical (unpaired) electrons. The van der Waals surface area contributed by atoms with Crippen LogP contribution in [-0.2, 0) is 10.8 Å². The average molecular weight is 283 g/mol. The highest BCUT2D eigenvalue weighted by molar-refractivity contribution is 6.13. The highest BCUT2D eigenvalue weighted by Gasteiger charge is 2.39. The second kappa shape index (κ2) is 5.57. The lowest BCUT2D eigenvalue weighted by Crippen LogP contribution is -2.37. The van der Waals surface area contributed by atoms with Gasteiger partial charge in [-0.25, -0.2) is 0 Å². The molecule has 2 aromatic carbocycles. The first-order valence-corrected chi connectivity index (χ1v) is 8.63. The summed E-state index contributed by atoms with van der Waals surface area (Å²) in [5, 5.41) is 0. The third-order valence-electron chi connectivity index (χ3n) is 5.20. The van der Waals surface area contributed by atoms with Crippen molar-refractivity contribution in [2.75, 3.05) is 0 Å². The molecule has 0 nitrogen and oxygen atoms in total. The smallest absolute Gasteiger partial charge is 0.00894 e. The van der Waals surface area contributed by atoms with Crippen LogP contribution in [0, 0.1) is 0 Å². The topological polar surface area (TPSA) is 0 Å². The van der Waals surface area contributed by atoms with Gasteiger partial charge in [-0.3, -0.25) is 0 Å². The van der Waals surface area contributed by atoms with E-state index in [9.17, 15) is 0 Å². The molecule has 0 bridgehead atoms. The molecule has 2 rings (SSSR count). The Labute approximate surface area is 126 Å². The molecule has 0 heterocycles. The first-order chi connectivity index (χ1) is 9.37. The van der Waals surface area contributed by atoms with E-state index in [1.54, 1.807) is 0 Å². The molecule has 2 aromatic rings. The second-order valence-electron chi connectivity index (χ2n) is 6.90. The molecule has 1 heteroatoms. The Balaban J connectivity index is 2.37. The van der Waals surface area contributed by atoms with Gasteiger partial charge < -0.3 is 0 Å². The van der Waals surface area contributed by atoms with Gasteiger partial charge in [0.15, 0.2) is 0 Å². The molecule has 20 heavy (non-hydrogen) atoms. The lowest BCUT2D eigenvalue weighted by Gasteiger charge is -2.43. The van der Waals surface area contributed by atoms with Crippen molar-refractivity contribution in [2.45, 2.75) is 44.1 Å². The minimum absolute atomic E-state index is 0.201. The van der Waals surface area contributed by atoms with E-state index in [-0.39, 0.29) is 10.8 Å². The first kappa shape index (κ1) is 15.1. The van der Waals surface area contributed by atoms with Crippen molar-refractivity contribution in [1.29, 1.82) is 0 Å². The molecule has 0 aliphatic heterocycles. The Morgan fingerprint density at radius 1 is 0.650 bits per heavy atom. The van der Waals surface area contributed by atoms with Gasteiger partial charge in [0.1, 0.15) is 0 Å². The monoisotopic (exact) mass is 282 g/mol. The number of rotatable bonds is 4. The third-order valence-corrected chi connectivity index (χ3v) is 8.09. The van der Waals surface area contributed by atoms with Crippen molar-refractivity contribution in [3.05, 3.63) is 71.8 Å². The molecular formula is C19H26Si. The van der Waals surface area contributed by atoms with Crippen LogP contribution in [0.25, 0.3) is 0 Å². The van der Waals surface area contributed by atoms with E-state index in [1.807, 2.05) is 0 Å². The van der Waals surface area contributed by atoms with Gasteiger partial charge in [-0.05, 0) is 27.5 Å². The number of benzene rings is 2. The van der Waals surface area contributed by atoms with Gasteiger partial charge in [-0.1, -0.05) is 88.4 Å². The van der Waals surface area contributed by atoms with Crippen LogP contribution in [0.5, 0.6) is 0 Å². The maximum Gasteiger partial charge on any atom is 0.00894 e. The summed E-state index contributed by atoms with van der Waals surface area (Å²) in [6.45, 7) is 9.57. The Kier molecular flexibility index (Phi) is 4.19. The molecule has 0 N–H and O–H groups in total. The first-order valence-electron chi connectivity index (χ1n) is 7.48. The van der Waals surface area contributed by atoms with Crippen molar-refractivity contribution < 1.29 is 0 Å². The van der Waals surface area contributed by atoms with Gasteiger partial charge in [-0.15, -0.1) is 0 Å². The zero-order valence-electron chi connectivity index (χ0n) is 13.4. The van der Waals surface area contributed by atoms with Crippen LogP contribution in [0.1, 0.15) is 38.8 Å². The van der Waals surface area contributed by atoms with E-state index in [2.05, 4.69) is 88.4 Å². The minimum Gasteiger partial charge on any atom is -0.0622 e. The molecule has 0 amide bonds. The van der Waals surface area contributed by atoms with Gasteiger partial charge >= 0.3 is 0 Å². The molecule has 0 unspecified atom stereocenters. The van der Waals surface area contributed by atoms with Crippen LogP contribution in [0.2, 0.25) is 5.54 Å². The fraction of sp³-hybridized carbons (Fsp3) is 0.368. The Morgan fingerprint density at radius 2 is 0.950 bits per heavy atom. The maximum absolute atomic E-state index is 2.39. The maximum atomic E-state index is 2.39. The summed E-state index contributed by atoms with van der Waals surface area (Å²) in [6, 6.07) is 21.9. The van der Waals surface area contributed by atoms with Crippen LogP contribution < -0.4 is 0 Å². The number of hydrogen-bond acceptors (Lipinski definition) is 0. The summed E-state index contributed by atoms with van der Waals surface area (Å²) in [5.41, 5.74) is 3.97. The van der Waals surface area contributed by atoms with Crippen LogP contribution in [0.3, 0.4) is 0 Å². The fourth-order valence-corrected chi connectivity index (χ4v) is 3.80. The summed E-state index contributed by atoms with van der Waals surface area (Å²) in [6.07, 6.45) is 0. The Hall–Kier alpha value is -1.34. The summed E-state index contributed by atoms with van der Waals surface area (Å²) >= 11 is 0. The van der Waals surface area contributed by atoms with Crippen molar-refractivity contribution in [2.24, 2.45) is 0 Å². The van der Waals surface area contributed by atoms with Crippen molar-refractivity contribution in [3.8, 4) is 0 Å². The third kappa shape index (κ3) is 2.73. The average Bonchev–Trinajstić information content (AvgIpc) is 2.48. The summed E-state index contributed by atoms with van der Waals surface area (Å²) in [4.78, 5) is 0. The standard InChI is InChI=1S/C19H26Si/c1-18(2,15-11-7-5-8-12-15)17(20)19(3,4)16-13-9-6-10-14-16/h5-14,17H,1-4,20H3. The molecule has 0 saturated carbocycles. The molecule has 0 saturated heterocycles. The van der Waals surface area contributed by atoms with E-state index in [1.165, 1.54) is 21.4 Å².